The zero-order valence-electron chi connectivity index (χ0n) is 17.2. The highest BCUT2D eigenvalue weighted by Gasteiger charge is 2.46. The number of carbonyl (C=O) groups excluding carboxylic acids is 1. The second-order valence-electron chi connectivity index (χ2n) is 8.46. The molecule has 4 heterocycles. The van der Waals surface area contributed by atoms with Gasteiger partial charge in [-0.1, -0.05) is 18.0 Å². The number of hydrogen-bond donors (Lipinski definition) is 0. The van der Waals surface area contributed by atoms with Crippen LogP contribution in [0.3, 0.4) is 0 Å². The quantitative estimate of drug-likeness (QED) is 0.624. The zero-order valence-corrected chi connectivity index (χ0v) is 17.2. The number of likely N-dealkylation sites (tertiary alicyclic amines) is 1. The summed E-state index contributed by atoms with van der Waals surface area (Å²) in [6.07, 6.45) is 10.5. The molecular formula is C22H26N6O2. The first-order valence-electron chi connectivity index (χ1n) is 10.7. The van der Waals surface area contributed by atoms with Crippen LogP contribution < -0.4 is 0 Å². The van der Waals surface area contributed by atoms with Crippen LogP contribution in [-0.2, 0) is 12.0 Å². The first-order valence-corrected chi connectivity index (χ1v) is 10.7. The lowest BCUT2D eigenvalue weighted by Gasteiger charge is -2.41. The summed E-state index contributed by atoms with van der Waals surface area (Å²) in [6.45, 7) is 4.03. The van der Waals surface area contributed by atoms with Gasteiger partial charge in [-0.05, 0) is 50.3 Å². The van der Waals surface area contributed by atoms with Crippen molar-refractivity contribution in [2.45, 2.75) is 51.0 Å². The number of rotatable bonds is 6. The largest absolute Gasteiger partial charge is 0.336 e. The van der Waals surface area contributed by atoms with Gasteiger partial charge in [-0.2, -0.15) is 10.1 Å². The molecule has 1 atom stereocenters. The number of aryl methyl sites for hydroxylation is 1. The zero-order chi connectivity index (χ0) is 20.6. The van der Waals surface area contributed by atoms with Crippen LogP contribution in [0, 0.1) is 5.92 Å². The maximum atomic E-state index is 13.3. The fourth-order valence-corrected chi connectivity index (χ4v) is 4.59. The van der Waals surface area contributed by atoms with E-state index in [4.69, 9.17) is 9.51 Å². The molecule has 5 rings (SSSR count). The van der Waals surface area contributed by atoms with Crippen LogP contribution in [0.4, 0.5) is 0 Å². The first kappa shape index (κ1) is 19.0. The van der Waals surface area contributed by atoms with E-state index in [1.807, 2.05) is 24.0 Å². The van der Waals surface area contributed by atoms with E-state index in [9.17, 15) is 4.79 Å². The first-order chi connectivity index (χ1) is 14.7. The van der Waals surface area contributed by atoms with Crippen LogP contribution in [0.25, 0.3) is 11.5 Å². The van der Waals surface area contributed by atoms with Crippen LogP contribution in [0.1, 0.15) is 55.3 Å². The monoisotopic (exact) mass is 406 g/mol. The van der Waals surface area contributed by atoms with Crippen LogP contribution in [0.2, 0.25) is 0 Å². The third-order valence-corrected chi connectivity index (χ3v) is 6.28. The molecule has 0 aromatic carbocycles. The van der Waals surface area contributed by atoms with Crippen molar-refractivity contribution in [3.8, 4) is 11.5 Å². The number of aromatic nitrogens is 5. The molecular weight excluding hydrogens is 380 g/mol. The Morgan fingerprint density at radius 1 is 1.30 bits per heavy atom. The van der Waals surface area contributed by atoms with E-state index in [1.165, 1.54) is 12.8 Å². The van der Waals surface area contributed by atoms with E-state index in [2.05, 4.69) is 15.2 Å². The highest BCUT2D eigenvalue weighted by atomic mass is 16.5. The standard InChI is InChI=1S/C22H26N6O2/c1-2-28-18(8-11-24-28)20(29)27-12-4-9-22(15-27,13-16-6-7-16)21-25-19(30-26-21)17-5-3-10-23-14-17/h3,5,8,10-11,14,16H,2,4,6-7,9,12-13,15H2,1H3. The predicted octanol–water partition coefficient (Wildman–Crippen LogP) is 3.32. The maximum absolute atomic E-state index is 13.3. The van der Waals surface area contributed by atoms with Crippen LogP contribution in [0.15, 0.2) is 41.3 Å². The van der Waals surface area contributed by atoms with Gasteiger partial charge in [0.15, 0.2) is 5.82 Å². The highest BCUT2D eigenvalue weighted by Crippen LogP contribution is 2.46. The molecule has 0 spiro atoms. The minimum atomic E-state index is -0.268. The van der Waals surface area contributed by atoms with Gasteiger partial charge in [0.25, 0.3) is 11.8 Å². The van der Waals surface area contributed by atoms with Gasteiger partial charge in [0.1, 0.15) is 5.69 Å². The summed E-state index contributed by atoms with van der Waals surface area (Å²) in [4.78, 5) is 24.2. The normalized spacial score (nSPS) is 21.7. The molecule has 1 amide bonds. The molecule has 1 aliphatic carbocycles. The Morgan fingerprint density at radius 2 is 2.20 bits per heavy atom. The fourth-order valence-electron chi connectivity index (χ4n) is 4.59. The molecule has 1 saturated carbocycles. The Balaban J connectivity index is 1.45. The Bertz CT molecular complexity index is 1030. The van der Waals surface area contributed by atoms with Crippen molar-refractivity contribution < 1.29 is 9.32 Å². The van der Waals surface area contributed by atoms with E-state index >= 15 is 0 Å². The van der Waals surface area contributed by atoms with Crippen molar-refractivity contribution in [2.24, 2.45) is 5.92 Å². The summed E-state index contributed by atoms with van der Waals surface area (Å²) >= 11 is 0. The van der Waals surface area contributed by atoms with Crippen molar-refractivity contribution in [1.82, 2.24) is 29.8 Å². The van der Waals surface area contributed by atoms with Gasteiger partial charge >= 0.3 is 0 Å². The van der Waals surface area contributed by atoms with Gasteiger partial charge in [-0.25, -0.2) is 0 Å². The second-order valence-corrected chi connectivity index (χ2v) is 8.46. The SMILES string of the molecule is CCn1nccc1C(=O)N1CCCC(CC2CC2)(c2noc(-c3cccnc3)n2)C1. The van der Waals surface area contributed by atoms with E-state index in [-0.39, 0.29) is 11.3 Å². The molecule has 1 saturated heterocycles. The van der Waals surface area contributed by atoms with Crippen LogP contribution in [0.5, 0.6) is 0 Å². The Morgan fingerprint density at radius 3 is 2.97 bits per heavy atom. The predicted molar refractivity (Wildman–Crippen MR) is 110 cm³/mol. The third-order valence-electron chi connectivity index (χ3n) is 6.28. The molecule has 156 valence electrons. The maximum Gasteiger partial charge on any atom is 0.272 e. The summed E-state index contributed by atoms with van der Waals surface area (Å²) in [5.74, 6) is 1.92. The minimum absolute atomic E-state index is 0.0326. The number of hydrogen-bond acceptors (Lipinski definition) is 6. The highest BCUT2D eigenvalue weighted by molar-refractivity contribution is 5.92. The Kier molecular flexibility index (Phi) is 4.84. The molecule has 2 fully saturated rings. The summed E-state index contributed by atoms with van der Waals surface area (Å²) in [5, 5.41) is 8.65. The lowest BCUT2D eigenvalue weighted by atomic mass is 9.74. The molecule has 1 unspecified atom stereocenters. The van der Waals surface area contributed by atoms with Gasteiger partial charge in [0.2, 0.25) is 0 Å². The number of carbonyl (C=O) groups is 1. The van der Waals surface area contributed by atoms with Gasteiger partial charge in [0, 0.05) is 38.2 Å². The average Bonchev–Trinajstić information content (AvgIpc) is 3.27. The molecule has 1 aliphatic heterocycles. The Hall–Kier alpha value is -3.03. The lowest BCUT2D eigenvalue weighted by Crippen LogP contribution is -2.49. The van der Waals surface area contributed by atoms with Crippen molar-refractivity contribution in [3.05, 3.63) is 48.3 Å². The summed E-state index contributed by atoms with van der Waals surface area (Å²) in [7, 11) is 0. The van der Waals surface area contributed by atoms with Crippen molar-refractivity contribution in [2.75, 3.05) is 13.1 Å². The van der Waals surface area contributed by atoms with Crippen LogP contribution >= 0.6 is 0 Å². The Labute approximate surface area is 175 Å². The van der Waals surface area contributed by atoms with Crippen molar-refractivity contribution >= 4 is 5.91 Å². The molecule has 30 heavy (non-hydrogen) atoms. The molecule has 8 heteroatoms. The van der Waals surface area contributed by atoms with Gasteiger partial charge in [-0.15, -0.1) is 0 Å². The van der Waals surface area contributed by atoms with Gasteiger partial charge in [-0.3, -0.25) is 14.5 Å². The molecule has 8 nitrogen and oxygen atoms in total. The van der Waals surface area contributed by atoms with E-state index in [0.717, 1.165) is 37.2 Å². The van der Waals surface area contributed by atoms with E-state index < -0.39 is 0 Å². The van der Waals surface area contributed by atoms with E-state index in [1.54, 1.807) is 29.3 Å². The fraction of sp³-hybridized carbons (Fsp3) is 0.500. The smallest absolute Gasteiger partial charge is 0.272 e. The van der Waals surface area contributed by atoms with E-state index in [0.29, 0.717) is 30.6 Å². The summed E-state index contributed by atoms with van der Waals surface area (Å²) in [6, 6.07) is 5.58. The number of nitrogens with zero attached hydrogens (tertiary/aromatic N) is 6. The topological polar surface area (TPSA) is 89.9 Å². The summed E-state index contributed by atoms with van der Waals surface area (Å²) in [5.41, 5.74) is 1.19. The number of amides is 1. The van der Waals surface area contributed by atoms with Crippen LogP contribution in [-0.4, -0.2) is 48.8 Å². The molecule has 3 aromatic rings. The molecule has 0 N–H and O–H groups in total. The van der Waals surface area contributed by atoms with Gasteiger partial charge < -0.3 is 9.42 Å². The lowest BCUT2D eigenvalue weighted by molar-refractivity contribution is 0.0595. The van der Waals surface area contributed by atoms with Crippen molar-refractivity contribution in [3.63, 3.8) is 0 Å². The minimum Gasteiger partial charge on any atom is -0.336 e. The second kappa shape index (κ2) is 7.66. The molecule has 0 bridgehead atoms. The average molecular weight is 406 g/mol. The number of piperidine rings is 1. The summed E-state index contributed by atoms with van der Waals surface area (Å²) < 4.78 is 7.38. The van der Waals surface area contributed by atoms with Gasteiger partial charge in [0.05, 0.1) is 11.0 Å². The van der Waals surface area contributed by atoms with Crippen molar-refractivity contribution in [1.29, 1.82) is 0 Å². The number of pyridine rings is 1. The molecule has 3 aromatic heterocycles. The molecule has 0 radical (unpaired) electrons. The molecule has 2 aliphatic rings. The third kappa shape index (κ3) is 3.51.